The van der Waals surface area contributed by atoms with E-state index in [1.54, 1.807) is 48.6 Å². The molecule has 1 aliphatic rings. The highest BCUT2D eigenvalue weighted by molar-refractivity contribution is 6.06. The van der Waals surface area contributed by atoms with Gasteiger partial charge in [0.25, 0.3) is 0 Å². The lowest BCUT2D eigenvalue weighted by atomic mass is 9.92. The van der Waals surface area contributed by atoms with E-state index in [0.717, 1.165) is 10.5 Å². The van der Waals surface area contributed by atoms with Crippen LogP contribution in [0.3, 0.4) is 0 Å². The third kappa shape index (κ3) is 8.66. The lowest BCUT2D eigenvalue weighted by Crippen LogP contribution is -2.49. The quantitative estimate of drug-likeness (QED) is 0.520. The molecule has 1 atom stereocenters. The minimum absolute atomic E-state index is 0.00172. The van der Waals surface area contributed by atoms with Gasteiger partial charge in [-0.3, -0.25) is 9.59 Å². The highest BCUT2D eigenvalue weighted by atomic mass is 16.6. The molecule has 1 unspecified atom stereocenters. The Balaban J connectivity index is 2.70. The third-order valence-corrected chi connectivity index (χ3v) is 4.04. The van der Waals surface area contributed by atoms with Gasteiger partial charge in [0, 0.05) is 26.1 Å². The normalized spacial score (nSPS) is 18.6. The van der Waals surface area contributed by atoms with Crippen LogP contribution in [-0.2, 0) is 19.1 Å². The molecule has 8 nitrogen and oxygen atoms in total. The summed E-state index contributed by atoms with van der Waals surface area (Å²) < 4.78 is 10.6. The average molecular weight is 411 g/mol. The molecule has 0 radical (unpaired) electrons. The summed E-state index contributed by atoms with van der Waals surface area (Å²) in [6.07, 6.45) is 0.756. The molecular formula is C21H34N2O6. The van der Waals surface area contributed by atoms with Crippen LogP contribution >= 0.6 is 0 Å². The number of carbonyl (C=O) groups is 4. The Morgan fingerprint density at radius 1 is 1.10 bits per heavy atom. The Labute approximate surface area is 173 Å². The number of amides is 3. The number of ketones is 1. The fraction of sp³-hybridized carbons (Fsp3) is 0.714. The predicted molar refractivity (Wildman–Crippen MR) is 108 cm³/mol. The van der Waals surface area contributed by atoms with Crippen molar-refractivity contribution < 1.29 is 28.7 Å². The molecule has 1 aliphatic heterocycles. The van der Waals surface area contributed by atoms with Crippen molar-refractivity contribution in [3.8, 4) is 0 Å². The maximum Gasteiger partial charge on any atom is 0.417 e. The fourth-order valence-corrected chi connectivity index (χ4v) is 2.70. The van der Waals surface area contributed by atoms with Crippen molar-refractivity contribution in [2.75, 3.05) is 20.1 Å². The van der Waals surface area contributed by atoms with Crippen LogP contribution < -0.4 is 0 Å². The van der Waals surface area contributed by atoms with E-state index in [1.807, 2.05) is 13.0 Å². The van der Waals surface area contributed by atoms with Crippen molar-refractivity contribution >= 4 is 23.9 Å². The van der Waals surface area contributed by atoms with Crippen LogP contribution in [0.4, 0.5) is 9.59 Å². The molecule has 0 aliphatic carbocycles. The Hall–Kier alpha value is -2.38. The lowest BCUT2D eigenvalue weighted by Gasteiger charge is -2.31. The van der Waals surface area contributed by atoms with E-state index in [2.05, 4.69) is 0 Å². The number of ether oxygens (including phenoxy) is 2. The molecule has 29 heavy (non-hydrogen) atoms. The first-order valence-electron chi connectivity index (χ1n) is 9.75. The fourth-order valence-electron chi connectivity index (χ4n) is 2.70. The van der Waals surface area contributed by atoms with Crippen molar-refractivity contribution in [2.24, 2.45) is 5.92 Å². The summed E-state index contributed by atoms with van der Waals surface area (Å²) in [7, 11) is 1.64. The molecule has 3 amide bonds. The van der Waals surface area contributed by atoms with E-state index < -0.39 is 35.2 Å². The maximum absolute atomic E-state index is 12.2. The molecule has 0 bridgehead atoms. The number of Topliss-reactive ketones (excluding diaryl/α,β-unsaturated/α-hetero) is 1. The first-order chi connectivity index (χ1) is 13.1. The number of hydrogen-bond acceptors (Lipinski definition) is 6. The zero-order valence-electron chi connectivity index (χ0n) is 18.8. The minimum atomic E-state index is -0.731. The van der Waals surface area contributed by atoms with Crippen LogP contribution in [0.1, 0.15) is 61.3 Å². The highest BCUT2D eigenvalue weighted by Crippen LogP contribution is 2.21. The molecule has 1 heterocycles. The number of imide groups is 1. The molecule has 0 N–H and O–H groups in total. The second kappa shape index (κ2) is 9.41. The summed E-state index contributed by atoms with van der Waals surface area (Å²) in [5, 5.41) is 0. The Kier molecular flexibility index (Phi) is 8.00. The molecule has 0 aromatic rings. The topological polar surface area (TPSA) is 93.2 Å². The van der Waals surface area contributed by atoms with Gasteiger partial charge in [-0.05, 0) is 54.9 Å². The van der Waals surface area contributed by atoms with Crippen molar-refractivity contribution in [3.05, 3.63) is 11.6 Å². The summed E-state index contributed by atoms with van der Waals surface area (Å²) >= 11 is 0. The van der Waals surface area contributed by atoms with Crippen molar-refractivity contribution in [2.45, 2.75) is 72.5 Å². The molecule has 1 saturated heterocycles. The van der Waals surface area contributed by atoms with E-state index in [1.165, 1.54) is 4.90 Å². The molecule has 1 fully saturated rings. The summed E-state index contributed by atoms with van der Waals surface area (Å²) in [4.78, 5) is 51.1. The van der Waals surface area contributed by atoms with Gasteiger partial charge < -0.3 is 14.4 Å². The second-order valence-electron chi connectivity index (χ2n) is 9.45. The molecule has 164 valence electrons. The molecule has 1 rings (SSSR count). The van der Waals surface area contributed by atoms with Gasteiger partial charge >= 0.3 is 12.2 Å². The number of carbonyl (C=O) groups excluding carboxylic acids is 4. The standard InChI is InChI=1S/C21H34N2O6/c1-14(12-22(8)18(26)28-20(2,3)4)9-10-15-13-23(17(25)11-16(15)24)19(27)29-21(5,6)7/h9,15H,10-13H2,1-8H3/b14-9-. The summed E-state index contributed by atoms with van der Waals surface area (Å²) in [6, 6.07) is 0. The number of likely N-dealkylation sites (N-methyl/N-ethyl adjacent to an activating group) is 1. The van der Waals surface area contributed by atoms with Gasteiger partial charge in [0.1, 0.15) is 17.0 Å². The summed E-state index contributed by atoms with van der Waals surface area (Å²) in [5.74, 6) is -1.22. The van der Waals surface area contributed by atoms with E-state index in [4.69, 9.17) is 9.47 Å². The predicted octanol–water partition coefficient (Wildman–Crippen LogP) is 3.54. The minimum Gasteiger partial charge on any atom is -0.444 e. The van der Waals surface area contributed by atoms with E-state index in [-0.39, 0.29) is 18.7 Å². The van der Waals surface area contributed by atoms with Crippen LogP contribution in [0.15, 0.2) is 11.6 Å². The first kappa shape index (κ1) is 24.7. The zero-order valence-corrected chi connectivity index (χ0v) is 18.8. The number of nitrogens with zero attached hydrogens (tertiary/aromatic N) is 2. The van der Waals surface area contributed by atoms with E-state index in [0.29, 0.717) is 13.0 Å². The smallest absolute Gasteiger partial charge is 0.417 e. The number of hydrogen-bond donors (Lipinski definition) is 0. The van der Waals surface area contributed by atoms with Crippen LogP contribution in [-0.4, -0.2) is 65.0 Å². The summed E-state index contributed by atoms with van der Waals surface area (Å²) in [5.41, 5.74) is -0.418. The monoisotopic (exact) mass is 410 g/mol. The first-order valence-corrected chi connectivity index (χ1v) is 9.75. The largest absolute Gasteiger partial charge is 0.444 e. The van der Waals surface area contributed by atoms with E-state index in [9.17, 15) is 19.2 Å². The third-order valence-electron chi connectivity index (χ3n) is 4.04. The highest BCUT2D eigenvalue weighted by Gasteiger charge is 2.37. The molecule has 0 aromatic carbocycles. The Morgan fingerprint density at radius 3 is 2.17 bits per heavy atom. The SMILES string of the molecule is C/C(=C/CC1CN(C(=O)OC(C)(C)C)C(=O)CC1=O)CN(C)C(=O)OC(C)(C)C. The molecule has 8 heteroatoms. The van der Waals surface area contributed by atoms with Crippen molar-refractivity contribution in [1.82, 2.24) is 9.80 Å². The van der Waals surface area contributed by atoms with Crippen LogP contribution in [0.25, 0.3) is 0 Å². The number of likely N-dealkylation sites (tertiary alicyclic amines) is 1. The van der Waals surface area contributed by atoms with Crippen LogP contribution in [0, 0.1) is 5.92 Å². The van der Waals surface area contributed by atoms with Gasteiger partial charge in [-0.25, -0.2) is 14.5 Å². The maximum atomic E-state index is 12.2. The molecular weight excluding hydrogens is 376 g/mol. The van der Waals surface area contributed by atoms with Gasteiger partial charge in [-0.2, -0.15) is 0 Å². The second-order valence-corrected chi connectivity index (χ2v) is 9.45. The number of rotatable bonds is 4. The zero-order chi connectivity index (χ0) is 22.6. The summed E-state index contributed by atoms with van der Waals surface area (Å²) in [6.45, 7) is 12.8. The lowest BCUT2D eigenvalue weighted by molar-refractivity contribution is -0.141. The van der Waals surface area contributed by atoms with Crippen molar-refractivity contribution in [1.29, 1.82) is 0 Å². The van der Waals surface area contributed by atoms with E-state index >= 15 is 0 Å². The molecule has 0 aromatic heterocycles. The van der Waals surface area contributed by atoms with Gasteiger partial charge in [0.2, 0.25) is 5.91 Å². The number of piperidine rings is 1. The van der Waals surface area contributed by atoms with Crippen LogP contribution in [0.5, 0.6) is 0 Å². The Morgan fingerprint density at radius 2 is 1.66 bits per heavy atom. The van der Waals surface area contributed by atoms with Gasteiger partial charge in [0.15, 0.2) is 0 Å². The van der Waals surface area contributed by atoms with Crippen LogP contribution in [0.2, 0.25) is 0 Å². The number of allylic oxidation sites excluding steroid dienone is 1. The van der Waals surface area contributed by atoms with Gasteiger partial charge in [-0.1, -0.05) is 11.6 Å². The molecule has 0 spiro atoms. The van der Waals surface area contributed by atoms with Crippen molar-refractivity contribution in [3.63, 3.8) is 0 Å². The average Bonchev–Trinajstić information content (AvgIpc) is 2.50. The van der Waals surface area contributed by atoms with Gasteiger partial charge in [-0.15, -0.1) is 0 Å². The molecule has 0 saturated carbocycles. The Bertz CT molecular complexity index is 684. The van der Waals surface area contributed by atoms with Gasteiger partial charge in [0.05, 0.1) is 6.42 Å².